The third kappa shape index (κ3) is 5.60. The highest BCUT2D eigenvalue weighted by atomic mass is 32.2. The molecule has 1 aromatic heterocycles. The Morgan fingerprint density at radius 1 is 1.18 bits per heavy atom. The molecule has 1 aliphatic rings. The molecule has 28 heavy (non-hydrogen) atoms. The lowest BCUT2D eigenvalue weighted by atomic mass is 9.91. The fourth-order valence-corrected chi connectivity index (χ4v) is 4.80. The molecule has 0 spiro atoms. The first-order valence-corrected chi connectivity index (χ1v) is 11.4. The van der Waals surface area contributed by atoms with Crippen LogP contribution in [0.25, 0.3) is 0 Å². The third-order valence-electron chi connectivity index (χ3n) is 5.48. The molecule has 1 aliphatic carbocycles. The van der Waals surface area contributed by atoms with E-state index in [0.29, 0.717) is 6.42 Å². The lowest BCUT2D eigenvalue weighted by molar-refractivity contribution is -0.124. The highest BCUT2D eigenvalue weighted by molar-refractivity contribution is 7.99. The molecule has 0 unspecified atom stereocenters. The smallest absolute Gasteiger partial charge is 0.223 e. The van der Waals surface area contributed by atoms with Crippen molar-refractivity contribution in [2.45, 2.75) is 63.6 Å². The molecule has 1 heterocycles. The van der Waals surface area contributed by atoms with Crippen LogP contribution in [0, 0.1) is 11.8 Å². The molecule has 2 aromatic rings. The summed E-state index contributed by atoms with van der Waals surface area (Å²) >= 11 is 1.80. The van der Waals surface area contributed by atoms with Crippen LogP contribution in [0.2, 0.25) is 0 Å². The van der Waals surface area contributed by atoms with Gasteiger partial charge in [0.05, 0.1) is 6.04 Å². The average molecular weight is 401 g/mol. The molecule has 3 rings (SSSR count). The summed E-state index contributed by atoms with van der Waals surface area (Å²) in [5.41, 5.74) is 1.18. The average Bonchev–Trinajstić information content (AvgIpc) is 3.07. The number of benzene rings is 1. The van der Waals surface area contributed by atoms with Crippen LogP contribution in [0.4, 0.5) is 0 Å². The number of hydrogen-bond donors (Lipinski definition) is 1. The minimum Gasteiger partial charge on any atom is -0.346 e. The summed E-state index contributed by atoms with van der Waals surface area (Å²) in [5.74, 6) is 2.70. The Bertz CT molecular complexity index is 753. The molecule has 1 saturated carbocycles. The van der Waals surface area contributed by atoms with Gasteiger partial charge in [0.1, 0.15) is 0 Å². The maximum Gasteiger partial charge on any atom is 0.223 e. The molecular weight excluding hydrogens is 368 g/mol. The molecule has 152 valence electrons. The molecule has 1 aromatic carbocycles. The van der Waals surface area contributed by atoms with Crippen LogP contribution in [-0.4, -0.2) is 26.4 Å². The van der Waals surface area contributed by atoms with E-state index in [1.165, 1.54) is 37.7 Å². The molecule has 1 fully saturated rings. The third-order valence-corrected chi connectivity index (χ3v) is 6.73. The minimum absolute atomic E-state index is 0.0420. The van der Waals surface area contributed by atoms with Gasteiger partial charge in [-0.3, -0.25) is 4.79 Å². The number of carbonyl (C=O) groups is 1. The van der Waals surface area contributed by atoms with Crippen LogP contribution < -0.4 is 5.32 Å². The van der Waals surface area contributed by atoms with Crippen molar-refractivity contribution in [1.82, 2.24) is 20.1 Å². The zero-order valence-corrected chi connectivity index (χ0v) is 18.0. The second kappa shape index (κ2) is 10.1. The summed E-state index contributed by atoms with van der Waals surface area (Å²) in [4.78, 5) is 12.4. The van der Waals surface area contributed by atoms with Crippen LogP contribution in [0.5, 0.6) is 0 Å². The maximum absolute atomic E-state index is 12.4. The van der Waals surface area contributed by atoms with E-state index in [-0.39, 0.29) is 17.9 Å². The Morgan fingerprint density at radius 2 is 1.89 bits per heavy atom. The SMILES string of the molecule is CC(C)C(=O)N[C@H](Cc1ccccc1)c1nnc(SCC2CCCCC2)n1C. The van der Waals surface area contributed by atoms with Crippen molar-refractivity contribution in [3.63, 3.8) is 0 Å². The van der Waals surface area contributed by atoms with Crippen molar-refractivity contribution >= 4 is 17.7 Å². The van der Waals surface area contributed by atoms with E-state index in [9.17, 15) is 4.79 Å². The van der Waals surface area contributed by atoms with E-state index in [1.54, 1.807) is 11.8 Å². The Kier molecular flexibility index (Phi) is 7.54. The van der Waals surface area contributed by atoms with Gasteiger partial charge in [-0.25, -0.2) is 0 Å². The van der Waals surface area contributed by atoms with Crippen LogP contribution in [0.3, 0.4) is 0 Å². The number of nitrogens with zero attached hydrogens (tertiary/aromatic N) is 3. The number of aromatic nitrogens is 3. The first kappa shape index (κ1) is 20.9. The van der Waals surface area contributed by atoms with Crippen LogP contribution in [-0.2, 0) is 18.3 Å². The van der Waals surface area contributed by atoms with Crippen LogP contribution in [0.15, 0.2) is 35.5 Å². The summed E-state index contributed by atoms with van der Waals surface area (Å²) in [6.07, 6.45) is 7.47. The Labute approximate surface area is 172 Å². The zero-order chi connectivity index (χ0) is 19.9. The lowest BCUT2D eigenvalue weighted by Crippen LogP contribution is -2.34. The Morgan fingerprint density at radius 3 is 2.57 bits per heavy atom. The van der Waals surface area contributed by atoms with Crippen molar-refractivity contribution in [3.8, 4) is 0 Å². The summed E-state index contributed by atoms with van der Waals surface area (Å²) < 4.78 is 2.06. The normalized spacial score (nSPS) is 16.3. The van der Waals surface area contributed by atoms with Gasteiger partial charge in [-0.2, -0.15) is 0 Å². The van der Waals surface area contributed by atoms with Crippen LogP contribution in [0.1, 0.15) is 63.4 Å². The van der Waals surface area contributed by atoms with Gasteiger partial charge in [0, 0.05) is 18.7 Å². The molecule has 6 heteroatoms. The standard InChI is InChI=1S/C22H32N4OS/c1-16(2)21(27)23-19(14-17-10-6-4-7-11-17)20-24-25-22(26(20)3)28-15-18-12-8-5-9-13-18/h4,6-7,10-11,16,18-19H,5,8-9,12-15H2,1-3H3,(H,23,27)/t19-/m1/s1. The van der Waals surface area contributed by atoms with Gasteiger partial charge >= 0.3 is 0 Å². The first-order chi connectivity index (χ1) is 13.5. The summed E-state index contributed by atoms with van der Waals surface area (Å²) in [6.45, 7) is 3.83. The monoisotopic (exact) mass is 400 g/mol. The Balaban J connectivity index is 1.73. The first-order valence-electron chi connectivity index (χ1n) is 10.4. The number of nitrogens with one attached hydrogen (secondary N) is 1. The van der Waals surface area contributed by atoms with E-state index in [0.717, 1.165) is 22.7 Å². The van der Waals surface area contributed by atoms with Gasteiger partial charge in [-0.15, -0.1) is 10.2 Å². The largest absolute Gasteiger partial charge is 0.346 e. The summed E-state index contributed by atoms with van der Waals surface area (Å²) in [6, 6.07) is 10.1. The van der Waals surface area contributed by atoms with Crippen molar-refractivity contribution in [3.05, 3.63) is 41.7 Å². The molecule has 1 N–H and O–H groups in total. The van der Waals surface area contributed by atoms with E-state index in [2.05, 4.69) is 32.2 Å². The molecule has 5 nitrogen and oxygen atoms in total. The molecule has 1 atom stereocenters. The van der Waals surface area contributed by atoms with E-state index in [1.807, 2.05) is 39.1 Å². The Hall–Kier alpha value is -1.82. The second-order valence-corrected chi connectivity index (χ2v) is 9.11. The predicted molar refractivity (Wildman–Crippen MR) is 114 cm³/mol. The molecule has 0 radical (unpaired) electrons. The number of rotatable bonds is 8. The predicted octanol–water partition coefficient (Wildman–Crippen LogP) is 4.54. The van der Waals surface area contributed by atoms with Gasteiger partial charge in [0.25, 0.3) is 0 Å². The van der Waals surface area contributed by atoms with Crippen molar-refractivity contribution in [1.29, 1.82) is 0 Å². The highest BCUT2D eigenvalue weighted by Gasteiger charge is 2.24. The maximum atomic E-state index is 12.4. The van der Waals surface area contributed by atoms with Crippen LogP contribution >= 0.6 is 11.8 Å². The quantitative estimate of drug-likeness (QED) is 0.661. The summed E-state index contributed by atoms with van der Waals surface area (Å²) in [5, 5.41) is 13.0. The van der Waals surface area contributed by atoms with Gasteiger partial charge in [0.15, 0.2) is 11.0 Å². The number of carbonyl (C=O) groups excluding carboxylic acids is 1. The molecule has 0 bridgehead atoms. The van der Waals surface area contributed by atoms with E-state index < -0.39 is 0 Å². The molecular formula is C22H32N4OS. The topological polar surface area (TPSA) is 59.8 Å². The molecule has 0 saturated heterocycles. The number of amides is 1. The van der Waals surface area contributed by atoms with Gasteiger partial charge in [0.2, 0.25) is 5.91 Å². The fraction of sp³-hybridized carbons (Fsp3) is 0.591. The zero-order valence-electron chi connectivity index (χ0n) is 17.2. The van der Waals surface area contributed by atoms with Gasteiger partial charge < -0.3 is 9.88 Å². The van der Waals surface area contributed by atoms with E-state index in [4.69, 9.17) is 0 Å². The van der Waals surface area contributed by atoms with Gasteiger partial charge in [-0.1, -0.05) is 75.2 Å². The van der Waals surface area contributed by atoms with Gasteiger partial charge in [-0.05, 0) is 30.7 Å². The number of thioether (sulfide) groups is 1. The number of hydrogen-bond acceptors (Lipinski definition) is 4. The lowest BCUT2D eigenvalue weighted by Gasteiger charge is -2.21. The second-order valence-electron chi connectivity index (χ2n) is 8.12. The molecule has 1 amide bonds. The summed E-state index contributed by atoms with van der Waals surface area (Å²) in [7, 11) is 2.01. The minimum atomic E-state index is -0.182. The van der Waals surface area contributed by atoms with Crippen molar-refractivity contribution in [2.24, 2.45) is 18.9 Å². The molecule has 0 aliphatic heterocycles. The highest BCUT2D eigenvalue weighted by Crippen LogP contribution is 2.30. The van der Waals surface area contributed by atoms with Crippen molar-refractivity contribution < 1.29 is 4.79 Å². The van der Waals surface area contributed by atoms with E-state index >= 15 is 0 Å². The fourth-order valence-electron chi connectivity index (χ4n) is 3.70. The van der Waals surface area contributed by atoms with Crippen molar-refractivity contribution in [2.75, 3.05) is 5.75 Å².